The van der Waals surface area contributed by atoms with Gasteiger partial charge in [-0.05, 0) is 42.0 Å². The van der Waals surface area contributed by atoms with Crippen LogP contribution in [0.5, 0.6) is 0 Å². The molecule has 0 aliphatic rings. The molecule has 1 N–H and O–H groups in total. The van der Waals surface area contributed by atoms with Crippen molar-refractivity contribution in [2.24, 2.45) is 0 Å². The Labute approximate surface area is 104 Å². The van der Waals surface area contributed by atoms with Crippen LogP contribution in [0.1, 0.15) is 11.3 Å². The van der Waals surface area contributed by atoms with E-state index in [1.165, 1.54) is 5.56 Å². The van der Waals surface area contributed by atoms with Crippen LogP contribution in [-0.2, 0) is 6.54 Å². The van der Waals surface area contributed by atoms with E-state index < -0.39 is 0 Å². The van der Waals surface area contributed by atoms with Gasteiger partial charge < -0.3 is 5.32 Å². The van der Waals surface area contributed by atoms with Crippen molar-refractivity contribution in [1.29, 1.82) is 0 Å². The summed E-state index contributed by atoms with van der Waals surface area (Å²) in [5.41, 5.74) is 3.34. The molecule has 0 saturated heterocycles. The Hall–Kier alpha value is -1.13. The molecule has 0 atom stereocenters. The van der Waals surface area contributed by atoms with Crippen molar-refractivity contribution in [2.75, 3.05) is 7.05 Å². The van der Waals surface area contributed by atoms with E-state index >= 15 is 0 Å². The predicted molar refractivity (Wildman–Crippen MR) is 68.8 cm³/mol. The molecule has 84 valence electrons. The fourth-order valence-corrected chi connectivity index (χ4v) is 2.09. The highest BCUT2D eigenvalue weighted by atomic mass is 79.9. The van der Waals surface area contributed by atoms with Gasteiger partial charge in [0.05, 0.1) is 11.4 Å². The Bertz CT molecular complexity index is 491. The van der Waals surface area contributed by atoms with Crippen LogP contribution in [0.15, 0.2) is 34.9 Å². The maximum atomic E-state index is 4.51. The molecule has 4 heteroatoms. The van der Waals surface area contributed by atoms with E-state index in [4.69, 9.17) is 0 Å². The van der Waals surface area contributed by atoms with E-state index in [9.17, 15) is 0 Å². The molecule has 1 aromatic heterocycles. The largest absolute Gasteiger partial charge is 0.316 e. The summed E-state index contributed by atoms with van der Waals surface area (Å²) in [6.07, 6.45) is 2.06. The lowest BCUT2D eigenvalue weighted by Crippen LogP contribution is -2.05. The first-order valence-corrected chi connectivity index (χ1v) is 5.96. The highest BCUT2D eigenvalue weighted by molar-refractivity contribution is 9.10. The third kappa shape index (κ3) is 2.18. The molecule has 16 heavy (non-hydrogen) atoms. The monoisotopic (exact) mass is 279 g/mol. The van der Waals surface area contributed by atoms with Crippen LogP contribution in [0.25, 0.3) is 5.69 Å². The molecule has 0 unspecified atom stereocenters. The number of nitrogens with one attached hydrogen (secondary N) is 1. The molecule has 0 saturated carbocycles. The number of halogens is 1. The third-order valence-electron chi connectivity index (χ3n) is 2.47. The van der Waals surface area contributed by atoms with Gasteiger partial charge in [-0.2, -0.15) is 5.10 Å². The molecule has 0 aliphatic carbocycles. The van der Waals surface area contributed by atoms with Crippen LogP contribution in [0.2, 0.25) is 0 Å². The van der Waals surface area contributed by atoms with Crippen molar-refractivity contribution in [3.05, 3.63) is 46.2 Å². The molecule has 2 aromatic rings. The molecular weight excluding hydrogens is 266 g/mol. The summed E-state index contributed by atoms with van der Waals surface area (Å²) in [5.74, 6) is 0. The van der Waals surface area contributed by atoms with E-state index in [0.717, 1.165) is 22.4 Å². The predicted octanol–water partition coefficient (Wildman–Crippen LogP) is 2.66. The van der Waals surface area contributed by atoms with E-state index in [1.807, 2.05) is 42.9 Å². The number of para-hydroxylation sites is 1. The smallest absolute Gasteiger partial charge is 0.0787 e. The normalized spacial score (nSPS) is 10.7. The number of rotatable bonds is 3. The lowest BCUT2D eigenvalue weighted by Gasteiger charge is -2.02. The number of aryl methyl sites for hydroxylation is 1. The third-order valence-corrected chi connectivity index (χ3v) is 3.14. The summed E-state index contributed by atoms with van der Waals surface area (Å²) in [6, 6.07) is 8.07. The first kappa shape index (κ1) is 11.4. The molecule has 0 radical (unpaired) electrons. The fraction of sp³-hybridized carbons (Fsp3) is 0.250. The zero-order chi connectivity index (χ0) is 11.5. The SMILES string of the molecule is CNCc1cn(-c2ccccc2Br)nc1C. The van der Waals surface area contributed by atoms with Crippen molar-refractivity contribution >= 4 is 15.9 Å². The van der Waals surface area contributed by atoms with Gasteiger partial charge in [-0.25, -0.2) is 4.68 Å². The van der Waals surface area contributed by atoms with Crippen molar-refractivity contribution < 1.29 is 0 Å². The van der Waals surface area contributed by atoms with Crippen molar-refractivity contribution in [2.45, 2.75) is 13.5 Å². The Morgan fingerprint density at radius 2 is 2.12 bits per heavy atom. The van der Waals surface area contributed by atoms with Gasteiger partial charge in [0.25, 0.3) is 0 Å². The van der Waals surface area contributed by atoms with Gasteiger partial charge in [0.1, 0.15) is 0 Å². The molecule has 3 nitrogen and oxygen atoms in total. The minimum absolute atomic E-state index is 0.844. The number of benzene rings is 1. The molecule has 2 rings (SSSR count). The summed E-state index contributed by atoms with van der Waals surface area (Å²) in [4.78, 5) is 0. The van der Waals surface area contributed by atoms with Crippen LogP contribution in [0, 0.1) is 6.92 Å². The van der Waals surface area contributed by atoms with E-state index in [1.54, 1.807) is 0 Å². The summed E-state index contributed by atoms with van der Waals surface area (Å²) in [6.45, 7) is 2.87. The molecule has 1 heterocycles. The van der Waals surface area contributed by atoms with E-state index in [0.29, 0.717) is 0 Å². The van der Waals surface area contributed by atoms with Gasteiger partial charge in [-0.3, -0.25) is 0 Å². The standard InChI is InChI=1S/C12H14BrN3/c1-9-10(7-14-2)8-16(15-9)12-6-4-3-5-11(12)13/h3-6,8,14H,7H2,1-2H3. The van der Waals surface area contributed by atoms with Crippen LogP contribution >= 0.6 is 15.9 Å². The number of hydrogen-bond acceptors (Lipinski definition) is 2. The summed E-state index contributed by atoms with van der Waals surface area (Å²) in [7, 11) is 1.94. The van der Waals surface area contributed by atoms with Gasteiger partial charge in [0.15, 0.2) is 0 Å². The van der Waals surface area contributed by atoms with Crippen molar-refractivity contribution in [1.82, 2.24) is 15.1 Å². The lowest BCUT2D eigenvalue weighted by atomic mass is 10.2. The second kappa shape index (κ2) is 4.80. The molecule has 1 aromatic carbocycles. The van der Waals surface area contributed by atoms with Crippen molar-refractivity contribution in [3.63, 3.8) is 0 Å². The Morgan fingerprint density at radius 3 is 2.81 bits per heavy atom. The van der Waals surface area contributed by atoms with Gasteiger partial charge in [-0.1, -0.05) is 12.1 Å². The minimum Gasteiger partial charge on any atom is -0.316 e. The van der Waals surface area contributed by atoms with Crippen molar-refractivity contribution in [3.8, 4) is 5.69 Å². The Kier molecular flexibility index (Phi) is 3.41. The number of nitrogens with zero attached hydrogens (tertiary/aromatic N) is 2. The lowest BCUT2D eigenvalue weighted by molar-refractivity contribution is 0.812. The Morgan fingerprint density at radius 1 is 1.38 bits per heavy atom. The summed E-state index contributed by atoms with van der Waals surface area (Å²) < 4.78 is 2.96. The second-order valence-corrected chi connectivity index (χ2v) is 4.52. The van der Waals surface area contributed by atoms with E-state index in [2.05, 4.69) is 32.5 Å². The highest BCUT2D eigenvalue weighted by Crippen LogP contribution is 2.20. The van der Waals surface area contributed by atoms with Crippen LogP contribution in [0.4, 0.5) is 0 Å². The average Bonchev–Trinajstić information content (AvgIpc) is 2.61. The fourth-order valence-electron chi connectivity index (χ4n) is 1.62. The van der Waals surface area contributed by atoms with Gasteiger partial charge >= 0.3 is 0 Å². The molecule has 0 bridgehead atoms. The van der Waals surface area contributed by atoms with Crippen LogP contribution in [0.3, 0.4) is 0 Å². The zero-order valence-electron chi connectivity index (χ0n) is 9.37. The molecular formula is C12H14BrN3. The summed E-state index contributed by atoms with van der Waals surface area (Å²) in [5, 5.41) is 7.65. The average molecular weight is 280 g/mol. The van der Waals surface area contributed by atoms with Crippen LogP contribution < -0.4 is 5.32 Å². The topological polar surface area (TPSA) is 29.9 Å². The van der Waals surface area contributed by atoms with Gasteiger partial charge in [-0.15, -0.1) is 0 Å². The quantitative estimate of drug-likeness (QED) is 0.936. The van der Waals surface area contributed by atoms with E-state index in [-0.39, 0.29) is 0 Å². The maximum absolute atomic E-state index is 4.51. The Balaban J connectivity index is 2.42. The first-order valence-electron chi connectivity index (χ1n) is 5.17. The molecule has 0 amide bonds. The molecule has 0 spiro atoms. The highest BCUT2D eigenvalue weighted by Gasteiger charge is 2.07. The zero-order valence-corrected chi connectivity index (χ0v) is 11.0. The minimum atomic E-state index is 0.844. The molecule has 0 aliphatic heterocycles. The number of aromatic nitrogens is 2. The maximum Gasteiger partial charge on any atom is 0.0787 e. The van der Waals surface area contributed by atoms with Gasteiger partial charge in [0, 0.05) is 22.8 Å². The number of hydrogen-bond donors (Lipinski definition) is 1. The summed E-state index contributed by atoms with van der Waals surface area (Å²) >= 11 is 3.53. The molecule has 0 fully saturated rings. The van der Waals surface area contributed by atoms with Gasteiger partial charge in [0.2, 0.25) is 0 Å². The second-order valence-electron chi connectivity index (χ2n) is 3.67. The first-order chi connectivity index (χ1) is 7.72. The van der Waals surface area contributed by atoms with Crippen LogP contribution in [-0.4, -0.2) is 16.8 Å².